The van der Waals surface area contributed by atoms with Crippen LogP contribution in [0.2, 0.25) is 0 Å². The molecule has 6 nitrogen and oxygen atoms in total. The van der Waals surface area contributed by atoms with Gasteiger partial charge in [0, 0.05) is 15.9 Å². The van der Waals surface area contributed by atoms with E-state index in [0.717, 1.165) is 22.7 Å². The summed E-state index contributed by atoms with van der Waals surface area (Å²) in [6.45, 7) is 0.261. The third-order valence-corrected chi connectivity index (χ3v) is 3.77. The molecule has 0 heterocycles. The first-order valence-electron chi connectivity index (χ1n) is 6.00. The average molecular weight is 362 g/mol. The van der Waals surface area contributed by atoms with Gasteiger partial charge in [-0.2, -0.15) is 8.42 Å². The summed E-state index contributed by atoms with van der Waals surface area (Å²) in [5.41, 5.74) is 9.49. The highest BCUT2D eigenvalue weighted by Crippen LogP contribution is 2.15. The maximum Gasteiger partial charge on any atom is 0.264 e. The van der Waals surface area contributed by atoms with Crippen molar-refractivity contribution in [3.05, 3.63) is 44.7 Å². The van der Waals surface area contributed by atoms with E-state index in [1.54, 1.807) is 0 Å². The molecule has 0 fully saturated rings. The lowest BCUT2D eigenvalue weighted by Gasteiger charge is -2.13. The van der Waals surface area contributed by atoms with Gasteiger partial charge in [-0.3, -0.25) is 4.18 Å². The Morgan fingerprint density at radius 2 is 2.05 bits per heavy atom. The van der Waals surface area contributed by atoms with Gasteiger partial charge in [0.2, 0.25) is 0 Å². The fourth-order valence-electron chi connectivity index (χ4n) is 1.62. The summed E-state index contributed by atoms with van der Waals surface area (Å²) < 4.78 is 27.8. The van der Waals surface area contributed by atoms with Crippen molar-refractivity contribution in [3.8, 4) is 0 Å². The minimum absolute atomic E-state index is 0.0361. The van der Waals surface area contributed by atoms with Gasteiger partial charge >= 0.3 is 0 Å². The average Bonchev–Trinajstić information content (AvgIpc) is 2.38. The Morgan fingerprint density at radius 3 is 2.60 bits per heavy atom. The van der Waals surface area contributed by atoms with Crippen LogP contribution in [0.25, 0.3) is 10.4 Å². The van der Waals surface area contributed by atoms with Crippen molar-refractivity contribution in [2.75, 3.05) is 19.4 Å². The molecule has 1 rings (SSSR count). The fraction of sp³-hybridized carbons (Fsp3) is 0.500. The highest BCUT2D eigenvalue weighted by Gasteiger charge is 2.12. The zero-order valence-electron chi connectivity index (χ0n) is 11.1. The number of azide groups is 1. The molecule has 0 saturated heterocycles. The van der Waals surface area contributed by atoms with Gasteiger partial charge in [0.15, 0.2) is 0 Å². The third kappa shape index (κ3) is 7.49. The Hall–Kier alpha value is -1.08. The zero-order valence-corrected chi connectivity index (χ0v) is 13.5. The largest absolute Gasteiger partial charge is 0.270 e. The van der Waals surface area contributed by atoms with E-state index in [0.29, 0.717) is 6.42 Å². The molecule has 1 atom stereocenters. The van der Waals surface area contributed by atoms with Crippen LogP contribution in [0.4, 0.5) is 0 Å². The Morgan fingerprint density at radius 1 is 1.40 bits per heavy atom. The van der Waals surface area contributed by atoms with Crippen molar-refractivity contribution in [1.29, 1.82) is 0 Å². The van der Waals surface area contributed by atoms with Crippen molar-refractivity contribution >= 4 is 26.0 Å². The second-order valence-corrected chi connectivity index (χ2v) is 6.99. The molecule has 0 bridgehead atoms. The Labute approximate surface area is 127 Å². The molecule has 0 radical (unpaired) electrons. The first-order chi connectivity index (χ1) is 9.40. The number of nitrogens with zero attached hydrogens (tertiary/aromatic N) is 3. The summed E-state index contributed by atoms with van der Waals surface area (Å²) in [5.74, 6) is -0.121. The van der Waals surface area contributed by atoms with Crippen LogP contribution in [-0.4, -0.2) is 27.8 Å². The highest BCUT2D eigenvalue weighted by molar-refractivity contribution is 9.10. The SMILES string of the molecule is CS(=O)(=O)OC[C@H](CCc1ccc(Br)cc1)CN=[N+]=[N-]. The summed E-state index contributed by atoms with van der Waals surface area (Å²) in [5, 5.41) is 3.50. The topological polar surface area (TPSA) is 92.1 Å². The van der Waals surface area contributed by atoms with Gasteiger partial charge < -0.3 is 0 Å². The van der Waals surface area contributed by atoms with Crippen LogP contribution in [0, 0.1) is 5.92 Å². The number of hydrogen-bond donors (Lipinski definition) is 0. The first-order valence-corrected chi connectivity index (χ1v) is 8.61. The lowest BCUT2D eigenvalue weighted by molar-refractivity contribution is 0.252. The molecule has 0 N–H and O–H groups in total. The molecule has 20 heavy (non-hydrogen) atoms. The summed E-state index contributed by atoms with van der Waals surface area (Å²) in [6, 6.07) is 7.88. The van der Waals surface area contributed by atoms with Crippen LogP contribution in [0.3, 0.4) is 0 Å². The van der Waals surface area contributed by atoms with E-state index < -0.39 is 10.1 Å². The van der Waals surface area contributed by atoms with Gasteiger partial charge in [0.25, 0.3) is 10.1 Å². The summed E-state index contributed by atoms with van der Waals surface area (Å²) in [6.07, 6.45) is 2.47. The Bertz CT molecular complexity index is 568. The van der Waals surface area contributed by atoms with Crippen molar-refractivity contribution in [2.24, 2.45) is 11.0 Å². The van der Waals surface area contributed by atoms with Gasteiger partial charge in [-0.05, 0) is 42.0 Å². The summed E-state index contributed by atoms with van der Waals surface area (Å²) in [4.78, 5) is 2.70. The van der Waals surface area contributed by atoms with Crippen molar-refractivity contribution < 1.29 is 12.6 Å². The van der Waals surface area contributed by atoms with E-state index in [1.165, 1.54) is 0 Å². The maximum absolute atomic E-state index is 11.0. The third-order valence-electron chi connectivity index (χ3n) is 2.68. The molecule has 0 spiro atoms. The van der Waals surface area contributed by atoms with E-state index in [9.17, 15) is 8.42 Å². The van der Waals surface area contributed by atoms with Crippen LogP contribution >= 0.6 is 15.9 Å². The van der Waals surface area contributed by atoms with E-state index >= 15 is 0 Å². The smallest absolute Gasteiger partial charge is 0.264 e. The molecule has 0 amide bonds. The van der Waals surface area contributed by atoms with Gasteiger partial charge in [0.1, 0.15) is 0 Å². The number of hydrogen-bond acceptors (Lipinski definition) is 4. The lowest BCUT2D eigenvalue weighted by atomic mass is 10.0. The Kier molecular flexibility index (Phi) is 7.01. The predicted octanol–water partition coefficient (Wildman–Crippen LogP) is 3.28. The maximum atomic E-state index is 11.0. The second kappa shape index (κ2) is 8.26. The summed E-state index contributed by atoms with van der Waals surface area (Å²) >= 11 is 3.36. The molecule has 110 valence electrons. The molecule has 0 unspecified atom stereocenters. The van der Waals surface area contributed by atoms with Crippen LogP contribution in [0.5, 0.6) is 0 Å². The molecule has 0 aromatic heterocycles. The molecule has 1 aromatic rings. The number of halogens is 1. The Balaban J connectivity index is 2.55. The fourth-order valence-corrected chi connectivity index (χ4v) is 2.32. The number of aryl methyl sites for hydroxylation is 1. The molecule has 0 aliphatic rings. The highest BCUT2D eigenvalue weighted by atomic mass is 79.9. The summed E-state index contributed by atoms with van der Waals surface area (Å²) in [7, 11) is -3.47. The molecular weight excluding hydrogens is 346 g/mol. The second-order valence-electron chi connectivity index (χ2n) is 4.43. The normalized spacial score (nSPS) is 12.7. The van der Waals surface area contributed by atoms with Gasteiger partial charge in [-0.25, -0.2) is 0 Å². The van der Waals surface area contributed by atoms with Crippen LogP contribution in [-0.2, 0) is 20.7 Å². The van der Waals surface area contributed by atoms with Crippen molar-refractivity contribution in [1.82, 2.24) is 0 Å². The van der Waals surface area contributed by atoms with Crippen molar-refractivity contribution in [2.45, 2.75) is 12.8 Å². The minimum atomic E-state index is -3.47. The number of rotatable bonds is 8. The van der Waals surface area contributed by atoms with E-state index in [-0.39, 0.29) is 19.1 Å². The molecular formula is C12H16BrN3O3S. The minimum Gasteiger partial charge on any atom is -0.270 e. The van der Waals surface area contributed by atoms with Crippen LogP contribution < -0.4 is 0 Å². The molecule has 8 heteroatoms. The van der Waals surface area contributed by atoms with Gasteiger partial charge in [0.05, 0.1) is 12.9 Å². The van der Waals surface area contributed by atoms with Crippen LogP contribution in [0.1, 0.15) is 12.0 Å². The molecule has 0 saturated carbocycles. The monoisotopic (exact) mass is 361 g/mol. The number of benzene rings is 1. The quantitative estimate of drug-likeness (QED) is 0.307. The van der Waals surface area contributed by atoms with E-state index in [2.05, 4.69) is 26.0 Å². The predicted molar refractivity (Wildman–Crippen MR) is 80.8 cm³/mol. The van der Waals surface area contributed by atoms with Crippen molar-refractivity contribution in [3.63, 3.8) is 0 Å². The molecule has 1 aromatic carbocycles. The van der Waals surface area contributed by atoms with Crippen LogP contribution in [0.15, 0.2) is 33.9 Å². The first kappa shape index (κ1) is 17.0. The standard InChI is InChI=1S/C12H16BrN3O3S/c1-20(17,18)19-9-11(8-15-16-14)3-2-10-4-6-12(13)7-5-10/h4-7,11H,2-3,8-9H2,1H3/t11-/m1/s1. The van der Waals surface area contributed by atoms with Gasteiger partial charge in [-0.1, -0.05) is 33.2 Å². The van der Waals surface area contributed by atoms with E-state index in [1.807, 2.05) is 24.3 Å². The zero-order chi connectivity index (χ0) is 15.0. The molecule has 0 aliphatic carbocycles. The lowest BCUT2D eigenvalue weighted by Crippen LogP contribution is -2.17. The van der Waals surface area contributed by atoms with Gasteiger partial charge in [-0.15, -0.1) is 0 Å². The van der Waals surface area contributed by atoms with E-state index in [4.69, 9.17) is 9.71 Å². The molecule has 0 aliphatic heterocycles.